The normalized spacial score (nSPS) is 22.6. The molecule has 1 N–H and O–H groups in total. The molecule has 3 nitrogen and oxygen atoms in total. The Balaban J connectivity index is 2.17. The summed E-state index contributed by atoms with van der Waals surface area (Å²) in [5.41, 5.74) is 0.0635. The molecule has 92 valence electrons. The van der Waals surface area contributed by atoms with E-state index in [1.54, 1.807) is 0 Å². The van der Waals surface area contributed by atoms with Gasteiger partial charge in [-0.2, -0.15) is 0 Å². The van der Waals surface area contributed by atoms with Gasteiger partial charge in [0, 0.05) is 6.42 Å². The Labute approximate surface area is 102 Å². The fourth-order valence-electron chi connectivity index (χ4n) is 2.09. The van der Waals surface area contributed by atoms with Crippen molar-refractivity contribution in [2.45, 2.75) is 45.3 Å². The number of rotatable bonds is 4. The largest absolute Gasteiger partial charge is 0.493 e. The van der Waals surface area contributed by atoms with E-state index in [4.69, 9.17) is 4.74 Å². The van der Waals surface area contributed by atoms with Crippen LogP contribution < -0.4 is 4.74 Å². The van der Waals surface area contributed by atoms with Gasteiger partial charge in [-0.25, -0.2) is 4.99 Å². The number of hydrogen-bond donors (Lipinski definition) is 1. The number of unbranched alkanes of at least 4 members (excludes halogenated alkanes) is 2. The van der Waals surface area contributed by atoms with Crippen LogP contribution in [0.1, 0.15) is 45.1 Å². The van der Waals surface area contributed by atoms with Gasteiger partial charge in [0.25, 0.3) is 0 Å². The molecule has 0 aromatic heterocycles. The number of hydrogen-bond acceptors (Lipinski definition) is 2. The lowest BCUT2D eigenvalue weighted by atomic mass is 10.0. The lowest BCUT2D eigenvalue weighted by Crippen LogP contribution is -2.35. The number of para-hydroxylation sites is 1. The van der Waals surface area contributed by atoms with Gasteiger partial charge in [0.2, 0.25) is 11.6 Å². The molecule has 1 aliphatic heterocycles. The summed E-state index contributed by atoms with van der Waals surface area (Å²) in [5, 5.41) is 9.92. The van der Waals surface area contributed by atoms with Crippen LogP contribution in [-0.4, -0.2) is 16.7 Å². The number of aliphatic hydroxyl groups excluding tert-OH is 1. The van der Waals surface area contributed by atoms with E-state index >= 15 is 0 Å². The Hall–Kier alpha value is -1.51. The van der Waals surface area contributed by atoms with Crippen molar-refractivity contribution in [3.05, 3.63) is 29.8 Å². The third kappa shape index (κ3) is 2.60. The molecule has 1 aromatic rings. The maximum absolute atomic E-state index is 9.92. The fourth-order valence-corrected chi connectivity index (χ4v) is 2.09. The minimum Gasteiger partial charge on any atom is -0.493 e. The third-order valence-corrected chi connectivity index (χ3v) is 3.04. The Kier molecular flexibility index (Phi) is 3.36. The molecule has 1 heterocycles. The first-order valence-electron chi connectivity index (χ1n) is 6.22. The SMILES string of the molecule is CCCCCC1(C)N=C(O)c2ccccc2O1. The minimum atomic E-state index is -0.617. The highest BCUT2D eigenvalue weighted by Crippen LogP contribution is 2.32. The molecule has 0 aliphatic carbocycles. The zero-order chi connectivity index (χ0) is 12.3. The molecular weight excluding hydrogens is 214 g/mol. The molecule has 0 saturated carbocycles. The summed E-state index contributed by atoms with van der Waals surface area (Å²) in [6.07, 6.45) is 4.23. The molecule has 0 saturated heterocycles. The lowest BCUT2D eigenvalue weighted by molar-refractivity contribution is 0.0782. The highest BCUT2D eigenvalue weighted by atomic mass is 16.5. The summed E-state index contributed by atoms with van der Waals surface area (Å²) < 4.78 is 5.89. The number of fused-ring (bicyclic) bond motifs is 1. The van der Waals surface area contributed by atoms with Crippen LogP contribution in [0.3, 0.4) is 0 Å². The van der Waals surface area contributed by atoms with E-state index in [0.29, 0.717) is 5.56 Å². The second-order valence-electron chi connectivity index (χ2n) is 4.67. The van der Waals surface area contributed by atoms with Gasteiger partial charge in [-0.15, -0.1) is 0 Å². The molecule has 0 spiro atoms. The zero-order valence-electron chi connectivity index (χ0n) is 10.4. The van der Waals surface area contributed by atoms with Crippen LogP contribution in [0.5, 0.6) is 5.75 Å². The topological polar surface area (TPSA) is 41.8 Å². The molecule has 0 radical (unpaired) electrons. The Morgan fingerprint density at radius 2 is 2.06 bits per heavy atom. The summed E-state index contributed by atoms with van der Waals surface area (Å²) in [6.45, 7) is 4.09. The van der Waals surface area contributed by atoms with Crippen molar-refractivity contribution >= 4 is 5.90 Å². The van der Waals surface area contributed by atoms with Crippen molar-refractivity contribution in [2.24, 2.45) is 4.99 Å². The summed E-state index contributed by atoms with van der Waals surface area (Å²) >= 11 is 0. The van der Waals surface area contributed by atoms with Gasteiger partial charge in [0.1, 0.15) is 5.75 Å². The van der Waals surface area contributed by atoms with Crippen LogP contribution >= 0.6 is 0 Å². The molecular formula is C14H19NO2. The Morgan fingerprint density at radius 3 is 2.82 bits per heavy atom. The summed E-state index contributed by atoms with van der Waals surface area (Å²) in [7, 11) is 0. The second kappa shape index (κ2) is 4.78. The average molecular weight is 233 g/mol. The van der Waals surface area contributed by atoms with E-state index in [1.165, 1.54) is 6.42 Å². The molecule has 1 aliphatic rings. The van der Waals surface area contributed by atoms with Crippen molar-refractivity contribution in [1.82, 2.24) is 0 Å². The van der Waals surface area contributed by atoms with E-state index < -0.39 is 5.72 Å². The summed E-state index contributed by atoms with van der Waals surface area (Å²) in [5.74, 6) is 0.810. The maximum atomic E-state index is 9.92. The zero-order valence-corrected chi connectivity index (χ0v) is 10.4. The van der Waals surface area contributed by atoms with Crippen molar-refractivity contribution in [3.8, 4) is 5.75 Å². The van der Waals surface area contributed by atoms with Crippen LogP contribution in [0.25, 0.3) is 0 Å². The van der Waals surface area contributed by atoms with E-state index in [0.717, 1.165) is 25.0 Å². The first kappa shape index (κ1) is 12.0. The van der Waals surface area contributed by atoms with E-state index in [1.807, 2.05) is 31.2 Å². The predicted molar refractivity (Wildman–Crippen MR) is 68.8 cm³/mol. The highest BCUT2D eigenvalue weighted by Gasteiger charge is 2.31. The number of nitrogens with zero attached hydrogens (tertiary/aromatic N) is 1. The number of benzene rings is 1. The highest BCUT2D eigenvalue weighted by molar-refractivity contribution is 5.96. The Morgan fingerprint density at radius 1 is 1.29 bits per heavy atom. The lowest BCUT2D eigenvalue weighted by Gasteiger charge is -2.31. The molecule has 3 heteroatoms. The molecule has 1 unspecified atom stereocenters. The smallest absolute Gasteiger partial charge is 0.221 e. The molecule has 1 atom stereocenters. The standard InChI is InChI=1S/C14H19NO2/c1-3-4-7-10-14(2)15-13(16)11-8-5-6-9-12(11)17-14/h5-6,8-9H,3-4,7,10H2,1-2H3,(H,15,16). The fraction of sp³-hybridized carbons (Fsp3) is 0.500. The number of ether oxygens (including phenoxy) is 1. The van der Waals surface area contributed by atoms with Gasteiger partial charge in [-0.05, 0) is 25.5 Å². The van der Waals surface area contributed by atoms with Gasteiger partial charge < -0.3 is 9.84 Å². The molecule has 2 rings (SSSR count). The van der Waals surface area contributed by atoms with E-state index in [2.05, 4.69) is 11.9 Å². The molecule has 0 fully saturated rings. The van der Waals surface area contributed by atoms with Gasteiger partial charge >= 0.3 is 0 Å². The van der Waals surface area contributed by atoms with Gasteiger partial charge in [-0.3, -0.25) is 0 Å². The third-order valence-electron chi connectivity index (χ3n) is 3.04. The van der Waals surface area contributed by atoms with Crippen molar-refractivity contribution < 1.29 is 9.84 Å². The molecule has 0 bridgehead atoms. The summed E-state index contributed by atoms with van der Waals surface area (Å²) in [4.78, 5) is 4.28. The van der Waals surface area contributed by atoms with Crippen LogP contribution in [0.2, 0.25) is 0 Å². The quantitative estimate of drug-likeness (QED) is 0.806. The maximum Gasteiger partial charge on any atom is 0.221 e. The van der Waals surface area contributed by atoms with Crippen LogP contribution in [-0.2, 0) is 0 Å². The van der Waals surface area contributed by atoms with Crippen molar-refractivity contribution in [2.75, 3.05) is 0 Å². The number of aliphatic hydroxyl groups is 1. The summed E-state index contributed by atoms with van der Waals surface area (Å²) in [6, 6.07) is 7.47. The van der Waals surface area contributed by atoms with E-state index in [9.17, 15) is 5.11 Å². The van der Waals surface area contributed by atoms with E-state index in [-0.39, 0.29) is 5.90 Å². The van der Waals surface area contributed by atoms with Crippen LogP contribution in [0.15, 0.2) is 29.3 Å². The minimum absolute atomic E-state index is 0.0887. The Bertz CT molecular complexity index is 428. The van der Waals surface area contributed by atoms with Crippen LogP contribution in [0, 0.1) is 0 Å². The first-order chi connectivity index (χ1) is 8.14. The first-order valence-corrected chi connectivity index (χ1v) is 6.22. The second-order valence-corrected chi connectivity index (χ2v) is 4.67. The van der Waals surface area contributed by atoms with Gasteiger partial charge in [0.05, 0.1) is 5.56 Å². The van der Waals surface area contributed by atoms with Crippen molar-refractivity contribution in [3.63, 3.8) is 0 Å². The van der Waals surface area contributed by atoms with Crippen LogP contribution in [0.4, 0.5) is 0 Å². The van der Waals surface area contributed by atoms with Crippen molar-refractivity contribution in [1.29, 1.82) is 0 Å². The van der Waals surface area contributed by atoms with Gasteiger partial charge in [0.15, 0.2) is 0 Å². The predicted octanol–water partition coefficient (Wildman–Crippen LogP) is 3.68. The molecule has 17 heavy (non-hydrogen) atoms. The number of aliphatic imine (C=N–C) groups is 1. The molecule has 0 amide bonds. The van der Waals surface area contributed by atoms with Gasteiger partial charge in [-0.1, -0.05) is 31.9 Å². The monoisotopic (exact) mass is 233 g/mol. The molecule has 1 aromatic carbocycles. The average Bonchev–Trinajstić information content (AvgIpc) is 2.29.